The molecule has 0 aliphatic heterocycles. The number of hydrogen-bond acceptors (Lipinski definition) is 5. The van der Waals surface area contributed by atoms with Crippen molar-refractivity contribution in [2.75, 3.05) is 11.9 Å². The van der Waals surface area contributed by atoms with Crippen LogP contribution in [0.25, 0.3) is 0 Å². The van der Waals surface area contributed by atoms with Gasteiger partial charge in [0.05, 0.1) is 5.56 Å². The highest BCUT2D eigenvalue weighted by atomic mass is 79.9. The Kier molecular flexibility index (Phi) is 6.70. The van der Waals surface area contributed by atoms with Gasteiger partial charge in [-0.2, -0.15) is 0 Å². The molecule has 0 aliphatic rings. The van der Waals surface area contributed by atoms with Crippen molar-refractivity contribution in [1.29, 1.82) is 0 Å². The Morgan fingerprint density at radius 1 is 1.00 bits per heavy atom. The van der Waals surface area contributed by atoms with Gasteiger partial charge in [-0.05, 0) is 46.3 Å². The van der Waals surface area contributed by atoms with Gasteiger partial charge in [-0.3, -0.25) is 14.9 Å². The van der Waals surface area contributed by atoms with Crippen LogP contribution in [0.1, 0.15) is 25.7 Å². The van der Waals surface area contributed by atoms with Gasteiger partial charge in [0.2, 0.25) is 5.13 Å². The lowest BCUT2D eigenvalue weighted by Gasteiger charge is -2.04. The monoisotopic (exact) mass is 508 g/mol. The second kappa shape index (κ2) is 9.20. The number of carbonyl (C=O) groups excluding carboxylic acids is 2. The lowest BCUT2D eigenvalue weighted by molar-refractivity contribution is 0.0953. The molecule has 2 amide bonds. The molecule has 9 heteroatoms. The van der Waals surface area contributed by atoms with E-state index >= 15 is 0 Å². The number of nitrogens with one attached hydrogen (secondary N) is 2. The van der Waals surface area contributed by atoms with Crippen molar-refractivity contribution in [1.82, 2.24) is 15.5 Å². The SMILES string of the molecule is O=C(NCCc1nnc(NC(=O)c2ccccc2Br)s1)c1cccc(Br)c1. The topological polar surface area (TPSA) is 84.0 Å². The first-order valence-electron chi connectivity index (χ1n) is 7.95. The van der Waals surface area contributed by atoms with E-state index in [2.05, 4.69) is 52.7 Å². The van der Waals surface area contributed by atoms with Gasteiger partial charge < -0.3 is 5.32 Å². The minimum Gasteiger partial charge on any atom is -0.352 e. The summed E-state index contributed by atoms with van der Waals surface area (Å²) in [5.41, 5.74) is 1.11. The van der Waals surface area contributed by atoms with Crippen LogP contribution in [-0.2, 0) is 6.42 Å². The highest BCUT2D eigenvalue weighted by molar-refractivity contribution is 9.10. The minimum absolute atomic E-state index is 0.150. The van der Waals surface area contributed by atoms with E-state index in [4.69, 9.17) is 0 Å². The Hall–Kier alpha value is -2.10. The van der Waals surface area contributed by atoms with Gasteiger partial charge in [0, 0.05) is 27.5 Å². The number of rotatable bonds is 6. The van der Waals surface area contributed by atoms with E-state index in [1.54, 1.807) is 30.3 Å². The summed E-state index contributed by atoms with van der Waals surface area (Å²) in [6.45, 7) is 0.429. The van der Waals surface area contributed by atoms with Crippen LogP contribution >= 0.6 is 43.2 Å². The zero-order valence-corrected chi connectivity index (χ0v) is 17.9. The Bertz CT molecular complexity index is 977. The summed E-state index contributed by atoms with van der Waals surface area (Å²) < 4.78 is 1.56. The molecule has 0 aliphatic carbocycles. The van der Waals surface area contributed by atoms with Crippen molar-refractivity contribution in [3.63, 3.8) is 0 Å². The second-order valence-corrected chi connectivity index (χ2v) is 8.28. The molecule has 0 fully saturated rings. The predicted octanol–water partition coefficient (Wildman–Crippen LogP) is 4.29. The van der Waals surface area contributed by atoms with Gasteiger partial charge in [0.25, 0.3) is 11.8 Å². The van der Waals surface area contributed by atoms with Gasteiger partial charge in [-0.25, -0.2) is 0 Å². The Labute approximate surface area is 176 Å². The molecule has 0 saturated heterocycles. The van der Waals surface area contributed by atoms with Crippen LogP contribution in [0.5, 0.6) is 0 Å². The first kappa shape index (κ1) is 19.7. The summed E-state index contributed by atoms with van der Waals surface area (Å²) in [5.74, 6) is -0.406. The van der Waals surface area contributed by atoms with Gasteiger partial charge in [-0.1, -0.05) is 45.5 Å². The third-order valence-electron chi connectivity index (χ3n) is 3.52. The molecule has 1 heterocycles. The first-order valence-corrected chi connectivity index (χ1v) is 10.3. The molecule has 0 saturated carbocycles. The molecule has 3 rings (SSSR count). The molecular weight excluding hydrogens is 496 g/mol. The van der Waals surface area contributed by atoms with Crippen molar-refractivity contribution < 1.29 is 9.59 Å². The van der Waals surface area contributed by atoms with Crippen LogP contribution in [0.15, 0.2) is 57.5 Å². The summed E-state index contributed by atoms with van der Waals surface area (Å²) in [4.78, 5) is 24.4. The van der Waals surface area contributed by atoms with Gasteiger partial charge in [-0.15, -0.1) is 10.2 Å². The average molecular weight is 510 g/mol. The summed E-state index contributed by atoms with van der Waals surface area (Å²) >= 11 is 7.98. The van der Waals surface area contributed by atoms with Crippen LogP contribution in [-0.4, -0.2) is 28.6 Å². The zero-order valence-electron chi connectivity index (χ0n) is 13.9. The van der Waals surface area contributed by atoms with Crippen molar-refractivity contribution in [3.05, 3.63) is 73.6 Å². The van der Waals surface area contributed by atoms with Crippen molar-refractivity contribution >= 4 is 60.1 Å². The van der Waals surface area contributed by atoms with Crippen LogP contribution < -0.4 is 10.6 Å². The third-order valence-corrected chi connectivity index (χ3v) is 5.60. The molecule has 27 heavy (non-hydrogen) atoms. The molecule has 0 unspecified atom stereocenters. The molecule has 0 bridgehead atoms. The standard InChI is InChI=1S/C18H14Br2N4O2S/c19-12-5-3-4-11(10-12)16(25)21-9-8-15-23-24-18(27-15)22-17(26)13-6-1-2-7-14(13)20/h1-7,10H,8-9H2,(H,21,25)(H,22,24,26). The third kappa shape index (κ3) is 5.44. The summed E-state index contributed by atoms with van der Waals surface area (Å²) in [6, 6.07) is 14.3. The number of aromatic nitrogens is 2. The van der Waals surface area contributed by atoms with Gasteiger partial charge in [0.15, 0.2) is 0 Å². The maximum absolute atomic E-state index is 12.3. The molecule has 2 N–H and O–H groups in total. The van der Waals surface area contributed by atoms with E-state index < -0.39 is 0 Å². The normalized spacial score (nSPS) is 10.4. The summed E-state index contributed by atoms with van der Waals surface area (Å²) in [5, 5.41) is 14.8. The molecule has 138 valence electrons. The molecule has 6 nitrogen and oxygen atoms in total. The van der Waals surface area contributed by atoms with Crippen molar-refractivity contribution in [2.24, 2.45) is 0 Å². The van der Waals surface area contributed by atoms with Crippen LogP contribution in [0.3, 0.4) is 0 Å². The quantitative estimate of drug-likeness (QED) is 0.519. The van der Waals surface area contributed by atoms with E-state index in [-0.39, 0.29) is 11.8 Å². The van der Waals surface area contributed by atoms with Gasteiger partial charge >= 0.3 is 0 Å². The van der Waals surface area contributed by atoms with E-state index in [1.807, 2.05) is 18.2 Å². The van der Waals surface area contributed by atoms with E-state index in [1.165, 1.54) is 11.3 Å². The number of amides is 2. The van der Waals surface area contributed by atoms with E-state index in [0.29, 0.717) is 33.7 Å². The maximum Gasteiger partial charge on any atom is 0.258 e. The lowest BCUT2D eigenvalue weighted by Crippen LogP contribution is -2.25. The lowest BCUT2D eigenvalue weighted by atomic mass is 10.2. The Morgan fingerprint density at radius 2 is 1.81 bits per heavy atom. The van der Waals surface area contributed by atoms with Crippen molar-refractivity contribution in [3.8, 4) is 0 Å². The molecule has 0 spiro atoms. The van der Waals surface area contributed by atoms with Crippen molar-refractivity contribution in [2.45, 2.75) is 6.42 Å². The molecule has 1 aromatic heterocycles. The second-order valence-electron chi connectivity index (χ2n) is 5.45. The Balaban J connectivity index is 1.52. The molecule has 0 atom stereocenters. The number of halogens is 2. The predicted molar refractivity (Wildman–Crippen MR) is 112 cm³/mol. The number of carbonyl (C=O) groups is 2. The minimum atomic E-state index is -0.256. The maximum atomic E-state index is 12.3. The van der Waals surface area contributed by atoms with E-state index in [9.17, 15) is 9.59 Å². The summed E-state index contributed by atoms with van der Waals surface area (Å²) in [6.07, 6.45) is 0.530. The fourth-order valence-corrected chi connectivity index (χ4v) is 3.83. The highest BCUT2D eigenvalue weighted by Gasteiger charge is 2.13. The van der Waals surface area contributed by atoms with Crippen LogP contribution in [0.4, 0.5) is 5.13 Å². The Morgan fingerprint density at radius 3 is 2.59 bits per heavy atom. The molecule has 2 aromatic carbocycles. The van der Waals surface area contributed by atoms with Gasteiger partial charge in [0.1, 0.15) is 5.01 Å². The first-order chi connectivity index (χ1) is 13.0. The molecule has 0 radical (unpaired) electrons. The van der Waals surface area contributed by atoms with Crippen LogP contribution in [0, 0.1) is 0 Å². The van der Waals surface area contributed by atoms with Crippen LogP contribution in [0.2, 0.25) is 0 Å². The number of benzene rings is 2. The molecule has 3 aromatic rings. The van der Waals surface area contributed by atoms with E-state index in [0.717, 1.165) is 9.48 Å². The average Bonchev–Trinajstić information content (AvgIpc) is 3.09. The fourth-order valence-electron chi connectivity index (χ4n) is 2.23. The smallest absolute Gasteiger partial charge is 0.258 e. The fraction of sp³-hybridized carbons (Fsp3) is 0.111. The number of hydrogen-bond donors (Lipinski definition) is 2. The largest absolute Gasteiger partial charge is 0.352 e. The molecular formula is C18H14Br2N4O2S. The number of anilines is 1. The summed E-state index contributed by atoms with van der Waals surface area (Å²) in [7, 11) is 0. The zero-order chi connectivity index (χ0) is 19.2. The number of nitrogens with zero attached hydrogens (tertiary/aromatic N) is 2. The highest BCUT2D eigenvalue weighted by Crippen LogP contribution is 2.20.